The lowest BCUT2D eigenvalue weighted by atomic mass is 10.1. The van der Waals surface area contributed by atoms with Crippen molar-refractivity contribution in [2.75, 3.05) is 24.5 Å². The van der Waals surface area contributed by atoms with Crippen LogP contribution in [0.3, 0.4) is 0 Å². The molecule has 0 radical (unpaired) electrons. The zero-order chi connectivity index (χ0) is 22.9. The van der Waals surface area contributed by atoms with Gasteiger partial charge in [-0.05, 0) is 24.3 Å². The highest BCUT2D eigenvalue weighted by Gasteiger charge is 2.41. The number of halogens is 5. The highest BCUT2D eigenvalue weighted by molar-refractivity contribution is 6.33. The first-order valence-corrected chi connectivity index (χ1v) is 10.3. The summed E-state index contributed by atoms with van der Waals surface area (Å²) in [5, 5.41) is 6.58. The lowest BCUT2D eigenvalue weighted by molar-refractivity contribution is -0.144. The van der Waals surface area contributed by atoms with Crippen LogP contribution in [0.2, 0.25) is 5.02 Å². The summed E-state index contributed by atoms with van der Waals surface area (Å²) in [7, 11) is 0. The summed E-state index contributed by atoms with van der Waals surface area (Å²) in [6, 6.07) is 13.2. The maximum Gasteiger partial charge on any atom is 0.434 e. The number of nitrogens with zero attached hydrogens (tertiary/aromatic N) is 3. The van der Waals surface area contributed by atoms with Crippen LogP contribution in [-0.2, 0) is 17.5 Å². The summed E-state index contributed by atoms with van der Waals surface area (Å²) in [6.45, 7) is 0.674. The average molecular weight is 467 g/mol. The van der Waals surface area contributed by atoms with Crippen molar-refractivity contribution < 1.29 is 22.4 Å². The number of Topliss-reactive ketones (excluding diaryl/α,β-unsaturated/α-hetero) is 1. The maximum absolute atomic E-state index is 13.8. The van der Waals surface area contributed by atoms with Crippen molar-refractivity contribution in [2.45, 2.75) is 18.8 Å². The Labute approximate surface area is 186 Å². The lowest BCUT2D eigenvalue weighted by Crippen LogP contribution is -2.56. The molecule has 5 nitrogen and oxygen atoms in total. The van der Waals surface area contributed by atoms with E-state index in [1.165, 1.54) is 12.1 Å². The summed E-state index contributed by atoms with van der Waals surface area (Å²) < 4.78 is 55.3. The van der Waals surface area contributed by atoms with Crippen LogP contribution >= 0.6 is 11.6 Å². The summed E-state index contributed by atoms with van der Waals surface area (Å²) in [5.74, 6) is -0.882. The van der Waals surface area contributed by atoms with E-state index >= 15 is 0 Å². The van der Waals surface area contributed by atoms with E-state index in [9.17, 15) is 22.4 Å². The first kappa shape index (κ1) is 22.3. The fourth-order valence-corrected chi connectivity index (χ4v) is 4.14. The standard InChI is InChI=1S/C22H19ClF4N4O/c23-19-20(14-4-2-1-3-5-14)29-31(21(19)22(25,26)27)13-18(32)17-12-28-10-11-30(17)16-8-6-15(24)7-9-16/h1-9,17,28H,10-13H2. The van der Waals surface area contributed by atoms with E-state index < -0.39 is 41.1 Å². The Hall–Kier alpha value is -2.91. The molecule has 0 saturated carbocycles. The zero-order valence-corrected chi connectivity index (χ0v) is 17.5. The molecule has 1 aliphatic rings. The van der Waals surface area contributed by atoms with E-state index in [2.05, 4.69) is 10.4 Å². The molecule has 1 saturated heterocycles. The minimum Gasteiger partial charge on any atom is -0.359 e. The van der Waals surface area contributed by atoms with Gasteiger partial charge in [-0.15, -0.1) is 0 Å². The van der Waals surface area contributed by atoms with E-state index in [0.717, 1.165) is 0 Å². The van der Waals surface area contributed by atoms with Crippen LogP contribution in [0.5, 0.6) is 0 Å². The number of hydrogen-bond acceptors (Lipinski definition) is 4. The van der Waals surface area contributed by atoms with E-state index in [1.807, 2.05) is 0 Å². The summed E-state index contributed by atoms with van der Waals surface area (Å²) in [5.41, 5.74) is -0.166. The predicted octanol–water partition coefficient (Wildman–Crippen LogP) is 4.41. The fraction of sp³-hybridized carbons (Fsp3) is 0.273. The van der Waals surface area contributed by atoms with Crippen LogP contribution in [0.1, 0.15) is 5.69 Å². The van der Waals surface area contributed by atoms with Gasteiger partial charge in [0.05, 0.1) is 5.02 Å². The number of anilines is 1. The molecule has 168 valence electrons. The van der Waals surface area contributed by atoms with Crippen LogP contribution in [0.25, 0.3) is 11.3 Å². The molecule has 32 heavy (non-hydrogen) atoms. The van der Waals surface area contributed by atoms with Crippen LogP contribution in [0.15, 0.2) is 54.6 Å². The molecule has 0 aliphatic carbocycles. The number of carbonyl (C=O) groups is 1. The molecule has 0 amide bonds. The summed E-state index contributed by atoms with van der Waals surface area (Å²) >= 11 is 6.08. The number of benzene rings is 2. The van der Waals surface area contributed by atoms with Gasteiger partial charge in [-0.25, -0.2) is 4.39 Å². The highest BCUT2D eigenvalue weighted by atomic mass is 35.5. The number of nitrogens with one attached hydrogen (secondary N) is 1. The third-order valence-electron chi connectivity index (χ3n) is 5.29. The quantitative estimate of drug-likeness (QED) is 0.566. The second-order valence-corrected chi connectivity index (χ2v) is 7.77. The molecular formula is C22H19ClF4N4O. The van der Waals surface area contributed by atoms with Crippen molar-refractivity contribution in [2.24, 2.45) is 0 Å². The number of piperazine rings is 1. The van der Waals surface area contributed by atoms with Crippen molar-refractivity contribution in [1.29, 1.82) is 0 Å². The smallest absolute Gasteiger partial charge is 0.359 e. The second-order valence-electron chi connectivity index (χ2n) is 7.39. The fourth-order valence-electron chi connectivity index (χ4n) is 3.79. The first-order chi connectivity index (χ1) is 15.3. The van der Waals surface area contributed by atoms with Gasteiger partial charge in [-0.3, -0.25) is 9.48 Å². The van der Waals surface area contributed by atoms with Crippen LogP contribution in [0, 0.1) is 5.82 Å². The number of hydrogen-bond donors (Lipinski definition) is 1. The molecule has 1 atom stereocenters. The predicted molar refractivity (Wildman–Crippen MR) is 113 cm³/mol. The first-order valence-electron chi connectivity index (χ1n) is 9.90. The average Bonchev–Trinajstić information content (AvgIpc) is 3.11. The largest absolute Gasteiger partial charge is 0.434 e. The zero-order valence-electron chi connectivity index (χ0n) is 16.7. The monoisotopic (exact) mass is 466 g/mol. The third-order valence-corrected chi connectivity index (χ3v) is 5.65. The van der Waals surface area contributed by atoms with Gasteiger partial charge in [0.15, 0.2) is 11.5 Å². The van der Waals surface area contributed by atoms with Gasteiger partial charge in [0.25, 0.3) is 0 Å². The van der Waals surface area contributed by atoms with Crippen LogP contribution in [-0.4, -0.2) is 41.2 Å². The topological polar surface area (TPSA) is 50.2 Å². The Morgan fingerprint density at radius 3 is 2.47 bits per heavy atom. The minimum atomic E-state index is -4.79. The number of ketones is 1. The van der Waals surface area contributed by atoms with Gasteiger partial charge < -0.3 is 10.2 Å². The van der Waals surface area contributed by atoms with Gasteiger partial charge >= 0.3 is 6.18 Å². The summed E-state index contributed by atoms with van der Waals surface area (Å²) in [6.07, 6.45) is -4.79. The Bertz CT molecular complexity index is 1100. The molecule has 0 bridgehead atoms. The Kier molecular flexibility index (Phi) is 6.21. The van der Waals surface area contributed by atoms with Crippen molar-refractivity contribution >= 4 is 23.1 Å². The molecule has 3 aromatic rings. The van der Waals surface area contributed by atoms with Gasteiger partial charge in [0.2, 0.25) is 0 Å². The second kappa shape index (κ2) is 8.91. The normalized spacial score (nSPS) is 16.9. The van der Waals surface area contributed by atoms with Crippen LogP contribution < -0.4 is 10.2 Å². The SMILES string of the molecule is O=C(Cn1nc(-c2ccccc2)c(Cl)c1C(F)(F)F)C1CNCCN1c1ccc(F)cc1. The van der Waals surface area contributed by atoms with Crippen molar-refractivity contribution in [3.63, 3.8) is 0 Å². The van der Waals surface area contributed by atoms with Gasteiger partial charge in [0, 0.05) is 30.9 Å². The van der Waals surface area contributed by atoms with E-state index in [0.29, 0.717) is 29.0 Å². The highest BCUT2D eigenvalue weighted by Crippen LogP contribution is 2.40. The molecule has 1 N–H and O–H groups in total. The molecule has 2 aromatic carbocycles. The number of alkyl halides is 3. The van der Waals surface area contributed by atoms with E-state index in [4.69, 9.17) is 11.6 Å². The van der Waals surface area contributed by atoms with Crippen molar-refractivity contribution in [3.8, 4) is 11.3 Å². The molecule has 1 aliphatic heterocycles. The molecule has 10 heteroatoms. The number of carbonyl (C=O) groups excluding carboxylic acids is 1. The molecule has 1 aromatic heterocycles. The minimum absolute atomic E-state index is 0.0375. The van der Waals surface area contributed by atoms with Gasteiger partial charge in [0.1, 0.15) is 24.1 Å². The van der Waals surface area contributed by atoms with E-state index in [-0.39, 0.29) is 12.2 Å². The van der Waals surface area contributed by atoms with Gasteiger partial charge in [-0.1, -0.05) is 41.9 Å². The molecule has 1 fully saturated rings. The lowest BCUT2D eigenvalue weighted by Gasteiger charge is -2.37. The third kappa shape index (κ3) is 4.49. The Balaban J connectivity index is 1.66. The van der Waals surface area contributed by atoms with Crippen LogP contribution in [0.4, 0.5) is 23.2 Å². The molecule has 4 rings (SSSR count). The maximum atomic E-state index is 13.8. The van der Waals surface area contributed by atoms with Gasteiger partial charge in [-0.2, -0.15) is 18.3 Å². The van der Waals surface area contributed by atoms with Crippen molar-refractivity contribution in [3.05, 3.63) is 71.1 Å². The number of rotatable bonds is 5. The Morgan fingerprint density at radius 1 is 1.12 bits per heavy atom. The van der Waals surface area contributed by atoms with Crippen molar-refractivity contribution in [1.82, 2.24) is 15.1 Å². The molecule has 0 spiro atoms. The van der Waals surface area contributed by atoms with E-state index in [1.54, 1.807) is 47.4 Å². The summed E-state index contributed by atoms with van der Waals surface area (Å²) in [4.78, 5) is 14.9. The Morgan fingerprint density at radius 2 is 1.81 bits per heavy atom. The number of aromatic nitrogens is 2. The molecule has 2 heterocycles. The molecule has 1 unspecified atom stereocenters. The molecular weight excluding hydrogens is 448 g/mol.